The number of hydrogen-bond donors (Lipinski definition) is 2. The molecule has 21 heavy (non-hydrogen) atoms. The van der Waals surface area contributed by atoms with Crippen molar-refractivity contribution in [3.8, 4) is 0 Å². The lowest BCUT2D eigenvalue weighted by atomic mass is 9.99. The predicted octanol–water partition coefficient (Wildman–Crippen LogP) is 2.73. The van der Waals surface area contributed by atoms with Crippen molar-refractivity contribution in [2.45, 2.75) is 56.9 Å². The molecule has 0 aromatic heterocycles. The molecule has 2 N–H and O–H groups in total. The summed E-state index contributed by atoms with van der Waals surface area (Å²) in [5, 5.41) is 8.61. The molecule has 2 unspecified atom stereocenters. The summed E-state index contributed by atoms with van der Waals surface area (Å²) in [5.74, 6) is -0.539. The first-order valence-electron chi connectivity index (χ1n) is 7.10. The van der Waals surface area contributed by atoms with Crippen LogP contribution < -0.4 is 4.72 Å². The Hall–Kier alpha value is -1.40. The van der Waals surface area contributed by atoms with Gasteiger partial charge in [0.1, 0.15) is 0 Å². The molecule has 0 saturated carbocycles. The van der Waals surface area contributed by atoms with E-state index in [0.717, 1.165) is 12.0 Å². The van der Waals surface area contributed by atoms with Crippen LogP contribution in [-0.2, 0) is 14.8 Å². The predicted molar refractivity (Wildman–Crippen MR) is 81.8 cm³/mol. The van der Waals surface area contributed by atoms with Crippen LogP contribution in [0, 0.1) is 0 Å². The van der Waals surface area contributed by atoms with E-state index in [-0.39, 0.29) is 17.7 Å². The maximum Gasteiger partial charge on any atom is 0.303 e. The second-order valence-corrected chi connectivity index (χ2v) is 7.05. The second kappa shape index (κ2) is 7.56. The fourth-order valence-electron chi connectivity index (χ4n) is 1.94. The molecule has 0 aliphatic rings. The number of rotatable bonds is 8. The normalized spacial score (nSPS) is 14.6. The van der Waals surface area contributed by atoms with Crippen LogP contribution in [0.1, 0.15) is 51.5 Å². The van der Waals surface area contributed by atoms with Gasteiger partial charge < -0.3 is 5.11 Å². The van der Waals surface area contributed by atoms with Crippen molar-refractivity contribution in [1.82, 2.24) is 4.72 Å². The van der Waals surface area contributed by atoms with E-state index >= 15 is 0 Å². The maximum atomic E-state index is 12.2. The zero-order valence-electron chi connectivity index (χ0n) is 12.7. The summed E-state index contributed by atoms with van der Waals surface area (Å²) in [6.07, 6.45) is 1.20. The van der Waals surface area contributed by atoms with Crippen molar-refractivity contribution in [1.29, 1.82) is 0 Å². The third-order valence-corrected chi connectivity index (χ3v) is 5.12. The summed E-state index contributed by atoms with van der Waals surface area (Å²) in [7, 11) is -3.60. The first-order chi connectivity index (χ1) is 9.76. The first kappa shape index (κ1) is 17.7. The molecule has 2 atom stereocenters. The molecule has 1 aromatic carbocycles. The smallest absolute Gasteiger partial charge is 0.303 e. The Bertz CT molecular complexity index is 566. The van der Waals surface area contributed by atoms with Crippen LogP contribution in [0.4, 0.5) is 0 Å². The van der Waals surface area contributed by atoms with Crippen LogP contribution in [0.2, 0.25) is 0 Å². The fraction of sp³-hybridized carbons (Fsp3) is 0.533. The lowest BCUT2D eigenvalue weighted by molar-refractivity contribution is -0.137. The Morgan fingerprint density at radius 1 is 1.24 bits per heavy atom. The molecule has 118 valence electrons. The molecular weight excluding hydrogens is 290 g/mol. The van der Waals surface area contributed by atoms with E-state index in [4.69, 9.17) is 5.11 Å². The summed E-state index contributed by atoms with van der Waals surface area (Å²) in [4.78, 5) is 10.7. The van der Waals surface area contributed by atoms with Crippen molar-refractivity contribution in [3.63, 3.8) is 0 Å². The number of hydrogen-bond acceptors (Lipinski definition) is 3. The third-order valence-electron chi connectivity index (χ3n) is 3.52. The van der Waals surface area contributed by atoms with E-state index < -0.39 is 22.0 Å². The molecule has 0 spiro atoms. The molecule has 0 bridgehead atoms. The maximum absolute atomic E-state index is 12.2. The molecule has 0 amide bonds. The summed E-state index contributed by atoms with van der Waals surface area (Å²) >= 11 is 0. The van der Waals surface area contributed by atoms with Crippen LogP contribution in [0.3, 0.4) is 0 Å². The molecule has 6 heteroatoms. The number of carboxylic acid groups (broad SMARTS) is 1. The standard InChI is InChI=1S/C15H23NO4S/c1-4-11(2)13-6-8-14(9-7-13)21(19,20)16-12(3)5-10-15(17)18/h6-9,11-12,16H,4-5,10H2,1-3H3,(H,17,18). The SMILES string of the molecule is CCC(C)c1ccc(S(=O)(=O)NC(C)CCC(=O)O)cc1. The summed E-state index contributed by atoms with van der Waals surface area (Å²) in [6, 6.07) is 6.41. The monoisotopic (exact) mass is 313 g/mol. The van der Waals surface area contributed by atoms with Gasteiger partial charge >= 0.3 is 5.97 Å². The molecule has 0 heterocycles. The molecule has 1 rings (SSSR count). The number of carbonyl (C=O) groups is 1. The number of nitrogens with one attached hydrogen (secondary N) is 1. The third kappa shape index (κ3) is 5.47. The molecule has 0 aliphatic heterocycles. The average molecular weight is 313 g/mol. The van der Waals surface area contributed by atoms with E-state index in [1.54, 1.807) is 19.1 Å². The second-order valence-electron chi connectivity index (χ2n) is 5.33. The molecule has 0 fully saturated rings. The molecule has 0 saturated heterocycles. The van der Waals surface area contributed by atoms with Gasteiger partial charge in [0.05, 0.1) is 4.90 Å². The van der Waals surface area contributed by atoms with Gasteiger partial charge in [0.2, 0.25) is 10.0 Å². The van der Waals surface area contributed by atoms with Gasteiger partial charge in [-0.3, -0.25) is 4.79 Å². The van der Waals surface area contributed by atoms with Crippen LogP contribution in [-0.4, -0.2) is 25.5 Å². The highest BCUT2D eigenvalue weighted by Gasteiger charge is 2.18. The van der Waals surface area contributed by atoms with Gasteiger partial charge in [-0.05, 0) is 43.4 Å². The number of carboxylic acids is 1. The summed E-state index contributed by atoms with van der Waals surface area (Å²) < 4.78 is 26.9. The van der Waals surface area contributed by atoms with E-state index in [1.807, 2.05) is 12.1 Å². The Morgan fingerprint density at radius 2 is 1.81 bits per heavy atom. The Balaban J connectivity index is 2.76. The van der Waals surface area contributed by atoms with Crippen molar-refractivity contribution < 1.29 is 18.3 Å². The molecule has 0 aliphatic carbocycles. The van der Waals surface area contributed by atoms with Gasteiger partial charge in [0.15, 0.2) is 0 Å². The van der Waals surface area contributed by atoms with E-state index in [1.165, 1.54) is 0 Å². The number of benzene rings is 1. The van der Waals surface area contributed by atoms with Gasteiger partial charge in [-0.2, -0.15) is 0 Å². The molecule has 1 aromatic rings. The van der Waals surface area contributed by atoms with E-state index in [9.17, 15) is 13.2 Å². The molecule has 5 nitrogen and oxygen atoms in total. The van der Waals surface area contributed by atoms with Gasteiger partial charge in [0, 0.05) is 12.5 Å². The number of sulfonamides is 1. The fourth-order valence-corrected chi connectivity index (χ4v) is 3.22. The largest absolute Gasteiger partial charge is 0.481 e. The van der Waals surface area contributed by atoms with E-state index in [0.29, 0.717) is 5.92 Å². The highest BCUT2D eigenvalue weighted by Crippen LogP contribution is 2.20. The van der Waals surface area contributed by atoms with Crippen molar-refractivity contribution >= 4 is 16.0 Å². The quantitative estimate of drug-likeness (QED) is 0.773. The molecule has 0 radical (unpaired) electrons. The van der Waals surface area contributed by atoms with Crippen molar-refractivity contribution in [3.05, 3.63) is 29.8 Å². The molecular formula is C15H23NO4S. The van der Waals surface area contributed by atoms with Crippen molar-refractivity contribution in [2.75, 3.05) is 0 Å². The van der Waals surface area contributed by atoms with Gasteiger partial charge in [0.25, 0.3) is 0 Å². The number of aliphatic carboxylic acids is 1. The zero-order chi connectivity index (χ0) is 16.0. The topological polar surface area (TPSA) is 83.5 Å². The minimum absolute atomic E-state index is 0.0589. The lowest BCUT2D eigenvalue weighted by Crippen LogP contribution is -2.33. The Kier molecular flexibility index (Phi) is 6.36. The minimum atomic E-state index is -3.60. The summed E-state index contributed by atoms with van der Waals surface area (Å²) in [6.45, 7) is 5.84. The first-order valence-corrected chi connectivity index (χ1v) is 8.58. The van der Waals surface area contributed by atoms with Crippen LogP contribution in [0.15, 0.2) is 29.2 Å². The zero-order valence-corrected chi connectivity index (χ0v) is 13.5. The minimum Gasteiger partial charge on any atom is -0.481 e. The average Bonchev–Trinajstić information content (AvgIpc) is 2.44. The Morgan fingerprint density at radius 3 is 2.29 bits per heavy atom. The van der Waals surface area contributed by atoms with Gasteiger partial charge in [-0.1, -0.05) is 26.0 Å². The van der Waals surface area contributed by atoms with Crippen LogP contribution in [0.5, 0.6) is 0 Å². The van der Waals surface area contributed by atoms with Gasteiger partial charge in [-0.25, -0.2) is 13.1 Å². The van der Waals surface area contributed by atoms with E-state index in [2.05, 4.69) is 18.6 Å². The lowest BCUT2D eigenvalue weighted by Gasteiger charge is -2.14. The highest BCUT2D eigenvalue weighted by molar-refractivity contribution is 7.89. The van der Waals surface area contributed by atoms with Gasteiger partial charge in [-0.15, -0.1) is 0 Å². The van der Waals surface area contributed by atoms with Crippen LogP contribution in [0.25, 0.3) is 0 Å². The Labute approximate surface area is 126 Å². The van der Waals surface area contributed by atoms with Crippen LogP contribution >= 0.6 is 0 Å². The summed E-state index contributed by atoms with van der Waals surface area (Å²) in [5.41, 5.74) is 1.11. The highest BCUT2D eigenvalue weighted by atomic mass is 32.2. The van der Waals surface area contributed by atoms with Crippen molar-refractivity contribution in [2.24, 2.45) is 0 Å².